The van der Waals surface area contributed by atoms with Crippen LogP contribution in [-0.2, 0) is 25.5 Å². The Labute approximate surface area is 175 Å². The molecular weight excluding hydrogens is 384 g/mol. The van der Waals surface area contributed by atoms with Gasteiger partial charge in [-0.05, 0) is 42.2 Å². The van der Waals surface area contributed by atoms with E-state index < -0.39 is 36.3 Å². The van der Waals surface area contributed by atoms with Crippen LogP contribution in [0.15, 0.2) is 48.5 Å². The van der Waals surface area contributed by atoms with Crippen LogP contribution in [0, 0.1) is 0 Å². The van der Waals surface area contributed by atoms with Gasteiger partial charge in [-0.3, -0.25) is 24.1 Å². The van der Waals surface area contributed by atoms with Gasteiger partial charge >= 0.3 is 5.97 Å². The number of benzene rings is 2. The number of hydrogen-bond acceptors (Lipinski definition) is 5. The third kappa shape index (κ3) is 4.74. The third-order valence-corrected chi connectivity index (χ3v) is 4.95. The summed E-state index contributed by atoms with van der Waals surface area (Å²) < 4.78 is 5.14. The van der Waals surface area contributed by atoms with Crippen molar-refractivity contribution >= 4 is 29.4 Å². The molecule has 156 valence electrons. The zero-order valence-corrected chi connectivity index (χ0v) is 17.2. The number of fused-ring (bicyclic) bond motifs is 1. The Bertz CT molecular complexity index is 981. The van der Waals surface area contributed by atoms with Crippen LogP contribution in [0.2, 0.25) is 0 Å². The summed E-state index contributed by atoms with van der Waals surface area (Å²) >= 11 is 0. The van der Waals surface area contributed by atoms with Gasteiger partial charge in [0.1, 0.15) is 6.54 Å². The molecule has 0 radical (unpaired) electrons. The van der Waals surface area contributed by atoms with E-state index in [1.54, 1.807) is 36.4 Å². The number of carbonyl (C=O) groups is 4. The van der Waals surface area contributed by atoms with Crippen LogP contribution in [0.25, 0.3) is 0 Å². The quantitative estimate of drug-likeness (QED) is 0.586. The fourth-order valence-electron chi connectivity index (χ4n) is 3.17. The molecule has 1 unspecified atom stereocenters. The van der Waals surface area contributed by atoms with E-state index in [0.717, 1.165) is 10.5 Å². The number of hydrogen-bond donors (Lipinski definition) is 1. The van der Waals surface area contributed by atoms with Crippen molar-refractivity contribution in [2.45, 2.75) is 39.2 Å². The predicted molar refractivity (Wildman–Crippen MR) is 111 cm³/mol. The first kappa shape index (κ1) is 21.2. The maximum atomic E-state index is 12.5. The van der Waals surface area contributed by atoms with Crippen molar-refractivity contribution in [1.82, 2.24) is 4.90 Å². The molecule has 1 aliphatic heterocycles. The van der Waals surface area contributed by atoms with Crippen molar-refractivity contribution in [3.8, 4) is 0 Å². The molecule has 0 saturated heterocycles. The normalized spacial score (nSPS) is 14.3. The van der Waals surface area contributed by atoms with E-state index in [0.29, 0.717) is 22.7 Å². The van der Waals surface area contributed by atoms with E-state index in [2.05, 4.69) is 19.2 Å². The highest BCUT2D eigenvalue weighted by Gasteiger charge is 2.33. The summed E-state index contributed by atoms with van der Waals surface area (Å²) in [7, 11) is 0. The molecule has 3 amide bonds. The van der Waals surface area contributed by atoms with Gasteiger partial charge in [-0.25, -0.2) is 0 Å². The fourth-order valence-corrected chi connectivity index (χ4v) is 3.17. The summed E-state index contributed by atoms with van der Waals surface area (Å²) in [6.45, 7) is 5.05. The van der Waals surface area contributed by atoms with Crippen molar-refractivity contribution in [2.24, 2.45) is 0 Å². The third-order valence-electron chi connectivity index (χ3n) is 4.95. The van der Waals surface area contributed by atoms with Crippen molar-refractivity contribution in [1.29, 1.82) is 0 Å². The molecule has 0 bridgehead atoms. The minimum atomic E-state index is -1.08. The maximum Gasteiger partial charge on any atom is 0.326 e. The molecule has 2 aromatic carbocycles. The van der Waals surface area contributed by atoms with Gasteiger partial charge in [0, 0.05) is 11.3 Å². The SMILES string of the molecule is CC(OC(=O)CN1C(=O)Cc2ccccc2C1=O)C(=O)Nc1ccc(C(C)C)cc1. The van der Waals surface area contributed by atoms with Crippen LogP contribution in [0.1, 0.15) is 48.2 Å². The molecule has 30 heavy (non-hydrogen) atoms. The average molecular weight is 408 g/mol. The average Bonchev–Trinajstić information content (AvgIpc) is 2.71. The summed E-state index contributed by atoms with van der Waals surface area (Å²) in [5, 5.41) is 2.68. The molecule has 1 N–H and O–H groups in total. The number of imide groups is 1. The Hall–Kier alpha value is -3.48. The van der Waals surface area contributed by atoms with Gasteiger partial charge in [0.25, 0.3) is 11.8 Å². The Morgan fingerprint density at radius 2 is 1.70 bits per heavy atom. The lowest BCUT2D eigenvalue weighted by atomic mass is 9.98. The Balaban J connectivity index is 1.57. The van der Waals surface area contributed by atoms with Gasteiger partial charge in [0.05, 0.1) is 6.42 Å². The van der Waals surface area contributed by atoms with Crippen LogP contribution >= 0.6 is 0 Å². The molecule has 2 aromatic rings. The zero-order chi connectivity index (χ0) is 21.8. The second-order valence-electron chi connectivity index (χ2n) is 7.52. The minimum absolute atomic E-state index is 0.0393. The lowest BCUT2D eigenvalue weighted by molar-refractivity contribution is -0.155. The Morgan fingerprint density at radius 3 is 2.37 bits per heavy atom. The van der Waals surface area contributed by atoms with Crippen LogP contribution in [-0.4, -0.2) is 41.2 Å². The van der Waals surface area contributed by atoms with E-state index in [4.69, 9.17) is 4.74 Å². The number of carbonyl (C=O) groups excluding carboxylic acids is 4. The molecule has 0 saturated carbocycles. The van der Waals surface area contributed by atoms with E-state index in [1.807, 2.05) is 12.1 Å². The van der Waals surface area contributed by atoms with E-state index in [9.17, 15) is 19.2 Å². The first-order valence-corrected chi connectivity index (χ1v) is 9.79. The van der Waals surface area contributed by atoms with Crippen LogP contribution < -0.4 is 5.32 Å². The molecular formula is C23H24N2O5. The van der Waals surface area contributed by atoms with Crippen molar-refractivity contribution in [2.75, 3.05) is 11.9 Å². The molecule has 3 rings (SSSR count). The van der Waals surface area contributed by atoms with E-state index >= 15 is 0 Å². The lowest BCUT2D eigenvalue weighted by Gasteiger charge is -2.26. The molecule has 0 fully saturated rings. The van der Waals surface area contributed by atoms with Crippen LogP contribution in [0.3, 0.4) is 0 Å². The molecule has 0 spiro atoms. The summed E-state index contributed by atoms with van der Waals surface area (Å²) in [5.41, 5.74) is 2.75. The smallest absolute Gasteiger partial charge is 0.326 e. The van der Waals surface area contributed by atoms with Gasteiger partial charge in [-0.15, -0.1) is 0 Å². The number of anilines is 1. The number of nitrogens with one attached hydrogen (secondary N) is 1. The lowest BCUT2D eigenvalue weighted by Crippen LogP contribution is -2.46. The van der Waals surface area contributed by atoms with Crippen LogP contribution in [0.4, 0.5) is 5.69 Å². The first-order chi connectivity index (χ1) is 14.3. The highest BCUT2D eigenvalue weighted by atomic mass is 16.5. The minimum Gasteiger partial charge on any atom is -0.451 e. The zero-order valence-electron chi connectivity index (χ0n) is 17.2. The summed E-state index contributed by atoms with van der Waals surface area (Å²) in [6, 6.07) is 14.2. The molecule has 7 heteroatoms. The monoisotopic (exact) mass is 408 g/mol. The summed E-state index contributed by atoms with van der Waals surface area (Å²) in [6.07, 6.45) is -1.04. The first-order valence-electron chi connectivity index (χ1n) is 9.79. The highest BCUT2D eigenvalue weighted by molar-refractivity contribution is 6.11. The second-order valence-corrected chi connectivity index (χ2v) is 7.52. The topological polar surface area (TPSA) is 92.8 Å². The molecule has 0 aliphatic carbocycles. The molecule has 7 nitrogen and oxygen atoms in total. The molecule has 1 aliphatic rings. The number of rotatable bonds is 6. The van der Waals surface area contributed by atoms with Crippen molar-refractivity contribution in [3.63, 3.8) is 0 Å². The van der Waals surface area contributed by atoms with Gasteiger partial charge in [-0.2, -0.15) is 0 Å². The Morgan fingerprint density at radius 1 is 1.03 bits per heavy atom. The maximum absolute atomic E-state index is 12.5. The standard InChI is InChI=1S/C23H24N2O5/c1-14(2)16-8-10-18(11-9-16)24-22(28)15(3)30-21(27)13-25-20(26)12-17-6-4-5-7-19(17)23(25)29/h4-11,14-15H,12-13H2,1-3H3,(H,24,28). The Kier molecular flexibility index (Phi) is 6.30. The molecule has 1 atom stereocenters. The van der Waals surface area contributed by atoms with E-state index in [1.165, 1.54) is 6.92 Å². The second kappa shape index (κ2) is 8.90. The number of amides is 3. The van der Waals surface area contributed by atoms with Gasteiger partial charge < -0.3 is 10.1 Å². The van der Waals surface area contributed by atoms with Crippen molar-refractivity contribution in [3.05, 3.63) is 65.2 Å². The van der Waals surface area contributed by atoms with Gasteiger partial charge in [-0.1, -0.05) is 44.2 Å². The summed E-state index contributed by atoms with van der Waals surface area (Å²) in [5.74, 6) is -1.96. The molecule has 1 heterocycles. The molecule has 0 aromatic heterocycles. The number of nitrogens with zero attached hydrogens (tertiary/aromatic N) is 1. The fraction of sp³-hybridized carbons (Fsp3) is 0.304. The van der Waals surface area contributed by atoms with Gasteiger partial charge in [0.2, 0.25) is 5.91 Å². The summed E-state index contributed by atoms with van der Waals surface area (Å²) in [4.78, 5) is 50.2. The number of esters is 1. The van der Waals surface area contributed by atoms with Gasteiger partial charge in [0.15, 0.2) is 6.10 Å². The predicted octanol–water partition coefficient (Wildman–Crippen LogP) is 2.91. The van der Waals surface area contributed by atoms with Crippen LogP contribution in [0.5, 0.6) is 0 Å². The number of ether oxygens (including phenoxy) is 1. The van der Waals surface area contributed by atoms with E-state index in [-0.39, 0.29) is 6.42 Å². The highest BCUT2D eigenvalue weighted by Crippen LogP contribution is 2.20. The largest absolute Gasteiger partial charge is 0.451 e. The van der Waals surface area contributed by atoms with Crippen molar-refractivity contribution < 1.29 is 23.9 Å².